The van der Waals surface area contributed by atoms with Gasteiger partial charge in [-0.2, -0.15) is 4.40 Å². The minimum atomic E-state index is -3.03. The summed E-state index contributed by atoms with van der Waals surface area (Å²) in [6, 6.07) is 4.60. The Balaban J connectivity index is 1.78. The van der Waals surface area contributed by atoms with Gasteiger partial charge in [-0.15, -0.1) is 21.5 Å². The van der Waals surface area contributed by atoms with E-state index in [1.165, 1.54) is 93.1 Å². The van der Waals surface area contributed by atoms with Crippen LogP contribution in [0, 0.1) is 0 Å². The summed E-state index contributed by atoms with van der Waals surface area (Å²) in [5.41, 5.74) is 2.89. The summed E-state index contributed by atoms with van der Waals surface area (Å²) < 4.78 is 26.6. The van der Waals surface area contributed by atoms with Gasteiger partial charge >= 0.3 is 0 Å². The number of thiophene rings is 1. The summed E-state index contributed by atoms with van der Waals surface area (Å²) >= 11 is 1.90. The number of anilines is 1. The van der Waals surface area contributed by atoms with Crippen molar-refractivity contribution in [1.82, 2.24) is 19.8 Å². The quantitative estimate of drug-likeness (QED) is 0.0743. The zero-order valence-corrected chi connectivity index (χ0v) is 30.0. The Kier molecular flexibility index (Phi) is 15.2. The number of H-pyrrole nitrogens is 1. The highest BCUT2D eigenvalue weighted by atomic mass is 32.3. The van der Waals surface area contributed by atoms with Gasteiger partial charge in [0.05, 0.1) is 17.0 Å². The van der Waals surface area contributed by atoms with E-state index >= 15 is 0 Å². The Morgan fingerprint density at radius 3 is 2.05 bits per heavy atom. The van der Waals surface area contributed by atoms with E-state index in [0.29, 0.717) is 12.2 Å². The van der Waals surface area contributed by atoms with Crippen LogP contribution in [0.4, 0.5) is 5.00 Å². The number of unbranched alkanes of at least 4 members (excludes halogenated alkanes) is 11. The van der Waals surface area contributed by atoms with Crippen molar-refractivity contribution in [3.8, 4) is 0 Å². The van der Waals surface area contributed by atoms with Gasteiger partial charge in [0.25, 0.3) is 0 Å². The molecule has 0 radical (unpaired) electrons. The van der Waals surface area contributed by atoms with Gasteiger partial charge in [-0.1, -0.05) is 123 Å². The van der Waals surface area contributed by atoms with Gasteiger partial charge in [-0.25, -0.2) is 4.52 Å². The second-order valence-corrected chi connectivity index (χ2v) is 16.3. The molecule has 10 heteroatoms. The number of nitrogens with one attached hydrogen (secondary N) is 1. The van der Waals surface area contributed by atoms with Gasteiger partial charge < -0.3 is 4.90 Å². The molecule has 8 nitrogen and oxygen atoms in total. The maximum Gasteiger partial charge on any atom is 0.196 e. The second kappa shape index (κ2) is 18.3. The van der Waals surface area contributed by atoms with Crippen LogP contribution in [0.3, 0.4) is 0 Å². The summed E-state index contributed by atoms with van der Waals surface area (Å²) in [6.07, 6.45) is 19.6. The molecule has 0 spiro atoms. The molecule has 0 amide bonds. The lowest BCUT2D eigenvalue weighted by Gasteiger charge is -2.25. The normalized spacial score (nSPS) is 13.1. The Bertz CT molecular complexity index is 1240. The molecule has 3 aromatic heterocycles. The van der Waals surface area contributed by atoms with E-state index in [-0.39, 0.29) is 11.2 Å². The number of aromatic nitrogens is 4. The number of rotatable bonds is 22. The lowest BCUT2D eigenvalue weighted by molar-refractivity contribution is 0.486. The van der Waals surface area contributed by atoms with Crippen molar-refractivity contribution in [2.45, 2.75) is 143 Å². The van der Waals surface area contributed by atoms with Crippen LogP contribution < -0.4 is 4.90 Å². The first-order valence-electron chi connectivity index (χ1n) is 17.2. The zero-order valence-electron chi connectivity index (χ0n) is 28.4. The van der Waals surface area contributed by atoms with Gasteiger partial charge in [0.1, 0.15) is 0 Å². The maximum absolute atomic E-state index is 10.3. The molecule has 0 aliphatic carbocycles. The number of hydrogen-bond donors (Lipinski definition) is 3. The molecule has 3 aromatic rings. The third kappa shape index (κ3) is 11.5. The van der Waals surface area contributed by atoms with Crippen LogP contribution in [0.5, 0.6) is 0 Å². The van der Waals surface area contributed by atoms with Gasteiger partial charge in [0.15, 0.2) is 11.5 Å². The first-order chi connectivity index (χ1) is 21.1. The highest BCUT2D eigenvalue weighted by molar-refractivity contribution is 8.23. The van der Waals surface area contributed by atoms with Crippen molar-refractivity contribution in [2.75, 3.05) is 23.7 Å². The van der Waals surface area contributed by atoms with Crippen LogP contribution in [0.15, 0.2) is 16.5 Å². The first kappa shape index (κ1) is 36.6. The fourth-order valence-electron chi connectivity index (χ4n) is 5.59. The van der Waals surface area contributed by atoms with E-state index in [1.54, 1.807) is 0 Å². The molecular formula is C34H60N6O2S2. The fourth-order valence-corrected chi connectivity index (χ4v) is 7.70. The Hall–Kier alpha value is -1.88. The van der Waals surface area contributed by atoms with Gasteiger partial charge in [-0.05, 0) is 31.4 Å². The molecule has 0 aliphatic rings. The average Bonchev–Trinajstić information content (AvgIpc) is 3.70. The molecule has 0 atom stereocenters. The molecular weight excluding hydrogens is 589 g/mol. The lowest BCUT2D eigenvalue weighted by Crippen LogP contribution is -2.24. The molecule has 0 unspecified atom stereocenters. The van der Waals surface area contributed by atoms with E-state index in [9.17, 15) is 9.11 Å². The van der Waals surface area contributed by atoms with Crippen molar-refractivity contribution < 1.29 is 9.11 Å². The van der Waals surface area contributed by atoms with Gasteiger partial charge in [-0.3, -0.25) is 14.2 Å². The summed E-state index contributed by atoms with van der Waals surface area (Å²) in [5, 5.41) is 13.8. The van der Waals surface area contributed by atoms with Crippen molar-refractivity contribution in [2.24, 2.45) is 4.40 Å². The van der Waals surface area contributed by atoms with E-state index in [1.807, 2.05) is 22.8 Å². The predicted octanol–water partition coefficient (Wildman–Crippen LogP) is 10.4. The summed E-state index contributed by atoms with van der Waals surface area (Å²) in [7, 11) is -3.03. The van der Waals surface area contributed by atoms with E-state index < -0.39 is 10.8 Å². The first-order valence-corrected chi connectivity index (χ1v) is 19.7. The highest BCUT2D eigenvalue weighted by Gasteiger charge is 2.26. The Labute approximate surface area is 272 Å². The monoisotopic (exact) mass is 648 g/mol. The molecule has 0 saturated heterocycles. The van der Waals surface area contributed by atoms with Crippen LogP contribution >= 0.6 is 22.1 Å². The molecule has 0 aliphatic heterocycles. The number of fused-ring (bicyclic) bond motifs is 1. The van der Waals surface area contributed by atoms with Crippen molar-refractivity contribution in [1.29, 1.82) is 0 Å². The van der Waals surface area contributed by atoms with E-state index in [2.05, 4.69) is 71.3 Å². The number of hydrogen-bond acceptors (Lipinski definition) is 7. The Morgan fingerprint density at radius 1 is 0.864 bits per heavy atom. The van der Waals surface area contributed by atoms with Crippen molar-refractivity contribution >= 4 is 39.0 Å². The van der Waals surface area contributed by atoms with Crippen LogP contribution in [-0.2, 0) is 11.8 Å². The number of aromatic amines is 1. The zero-order chi connectivity index (χ0) is 32.0. The second-order valence-electron chi connectivity index (χ2n) is 13.3. The summed E-state index contributed by atoms with van der Waals surface area (Å²) in [5.74, 6) is 0.741. The molecule has 0 bridgehead atoms. The minimum Gasteiger partial charge on any atom is -0.363 e. The Morgan fingerprint density at radius 2 is 1.45 bits per heavy atom. The molecule has 3 heterocycles. The highest BCUT2D eigenvalue weighted by Crippen LogP contribution is 2.41. The third-order valence-corrected chi connectivity index (χ3v) is 10.6. The topological polar surface area (TPSA) is 102 Å². The molecule has 3 N–H and O–H groups in total. The van der Waals surface area contributed by atoms with Crippen molar-refractivity contribution in [3.05, 3.63) is 34.1 Å². The molecule has 0 fully saturated rings. The number of nitrogens with zero attached hydrogens (tertiary/aromatic N) is 5. The van der Waals surface area contributed by atoms with Gasteiger partial charge in [0, 0.05) is 41.1 Å². The standard InChI is InChI=1S/C34H60N6O2S2/c1-7-10-13-15-17-19-23-39(24-20-18-16-14-11-8-2)31-22-21-28(43-31)26-29-32(34(4,5)6)38-40-30(36-37-33(29)40)27-35-44(41,42)25-12-9-3/h21-22,27,38,41-42H,7-20,23-26H2,1-6H3. The SMILES string of the molecule is CCCCCCCCN(CCCCCCCC)c1ccc(Cc2c(C(C)(C)C)[nH]n3c(C=NS(O)(O)CCCC)nnc23)s1. The molecule has 250 valence electrons. The van der Waals surface area contributed by atoms with E-state index in [4.69, 9.17) is 0 Å². The molecule has 0 aromatic carbocycles. The maximum atomic E-state index is 10.3. The fraction of sp³-hybridized carbons (Fsp3) is 0.735. The lowest BCUT2D eigenvalue weighted by atomic mass is 9.88. The molecule has 44 heavy (non-hydrogen) atoms. The van der Waals surface area contributed by atoms with Crippen LogP contribution in [0.1, 0.15) is 153 Å². The summed E-state index contributed by atoms with van der Waals surface area (Å²) in [6.45, 7) is 15.5. The van der Waals surface area contributed by atoms with E-state index in [0.717, 1.165) is 42.8 Å². The van der Waals surface area contributed by atoms with Gasteiger partial charge in [0.2, 0.25) is 0 Å². The smallest absolute Gasteiger partial charge is 0.196 e. The van der Waals surface area contributed by atoms with Crippen LogP contribution in [0.2, 0.25) is 0 Å². The summed E-state index contributed by atoms with van der Waals surface area (Å²) in [4.78, 5) is 3.95. The molecule has 0 saturated carbocycles. The largest absolute Gasteiger partial charge is 0.363 e. The van der Waals surface area contributed by atoms with Crippen LogP contribution in [-0.4, -0.2) is 54.0 Å². The third-order valence-electron chi connectivity index (χ3n) is 8.22. The predicted molar refractivity (Wildman–Crippen MR) is 192 cm³/mol. The minimum absolute atomic E-state index is 0.129. The van der Waals surface area contributed by atoms with Crippen LogP contribution in [0.25, 0.3) is 5.65 Å². The average molecular weight is 649 g/mol. The van der Waals surface area contributed by atoms with Crippen molar-refractivity contribution in [3.63, 3.8) is 0 Å². The molecule has 3 rings (SSSR count).